The molecule has 0 N–H and O–H groups in total. The third kappa shape index (κ3) is 3.38. The van der Waals surface area contributed by atoms with Gasteiger partial charge in [0.1, 0.15) is 5.82 Å². The molecule has 0 radical (unpaired) electrons. The first kappa shape index (κ1) is 18.9. The fourth-order valence-electron chi connectivity index (χ4n) is 3.90. The summed E-state index contributed by atoms with van der Waals surface area (Å²) >= 11 is 0. The van der Waals surface area contributed by atoms with Gasteiger partial charge in [-0.05, 0) is 56.3 Å². The van der Waals surface area contributed by atoms with Crippen LogP contribution in [0, 0.1) is 5.82 Å². The lowest BCUT2D eigenvalue weighted by Gasteiger charge is -2.44. The Kier molecular flexibility index (Phi) is 4.63. The van der Waals surface area contributed by atoms with Crippen LogP contribution in [0.2, 0.25) is 0 Å². The van der Waals surface area contributed by atoms with E-state index < -0.39 is 10.0 Å². The quantitative estimate of drug-likeness (QED) is 0.676. The maximum atomic E-state index is 13.2. The molecule has 0 saturated carbocycles. The smallest absolute Gasteiger partial charge is 0.211 e. The van der Waals surface area contributed by atoms with Gasteiger partial charge in [0.2, 0.25) is 10.0 Å². The first-order chi connectivity index (χ1) is 13.2. The zero-order valence-corrected chi connectivity index (χ0v) is 16.9. The molecule has 0 bridgehead atoms. The largest absolute Gasteiger partial charge is 0.366 e. The summed E-state index contributed by atoms with van der Waals surface area (Å²) < 4.78 is 40.5. The van der Waals surface area contributed by atoms with Crippen molar-refractivity contribution in [2.24, 2.45) is 0 Å². The highest BCUT2D eigenvalue weighted by Crippen LogP contribution is 2.29. The van der Waals surface area contributed by atoms with Crippen molar-refractivity contribution in [3.63, 3.8) is 0 Å². The van der Waals surface area contributed by atoms with E-state index >= 15 is 0 Å². The van der Waals surface area contributed by atoms with Gasteiger partial charge in [0.15, 0.2) is 0 Å². The zero-order chi connectivity index (χ0) is 20.1. The van der Waals surface area contributed by atoms with Crippen LogP contribution in [-0.2, 0) is 10.0 Å². The lowest BCUT2D eigenvalue weighted by atomic mass is 10.1. The van der Waals surface area contributed by atoms with Gasteiger partial charge in [-0.25, -0.2) is 17.5 Å². The van der Waals surface area contributed by atoms with E-state index in [1.54, 1.807) is 27.3 Å². The molecule has 2 heterocycles. The Balaban J connectivity index is 1.65. The highest BCUT2D eigenvalue weighted by atomic mass is 32.2. The second kappa shape index (κ2) is 6.86. The molecular weight excluding hydrogens is 379 g/mol. The standard InChI is InChI=1S/C20H23FN4O2S/c1-14-13-24(28(3,26)27)15(2)12-23(14)19-8-9-20-16(10-19)11-22-25(20)18-6-4-17(21)5-7-18/h4-11,14-15H,12-13H2,1-3H3/t14-,15+/m1/s1. The number of rotatable bonds is 3. The summed E-state index contributed by atoms with van der Waals surface area (Å²) in [5.41, 5.74) is 2.78. The molecule has 0 amide bonds. The van der Waals surface area contributed by atoms with Gasteiger partial charge in [0.25, 0.3) is 0 Å². The van der Waals surface area contributed by atoms with Crippen LogP contribution >= 0.6 is 0 Å². The minimum absolute atomic E-state index is 0.0653. The molecule has 2 aromatic carbocycles. The maximum Gasteiger partial charge on any atom is 0.211 e. The summed E-state index contributed by atoms with van der Waals surface area (Å²) in [6.07, 6.45) is 3.06. The monoisotopic (exact) mass is 402 g/mol. The minimum Gasteiger partial charge on any atom is -0.366 e. The number of sulfonamides is 1. The predicted octanol–water partition coefficient (Wildman–Crippen LogP) is 3.02. The second-order valence-corrected chi connectivity index (χ2v) is 9.39. The van der Waals surface area contributed by atoms with Crippen LogP contribution in [0.3, 0.4) is 0 Å². The van der Waals surface area contributed by atoms with Crippen LogP contribution in [0.4, 0.5) is 10.1 Å². The summed E-state index contributed by atoms with van der Waals surface area (Å²) in [5.74, 6) is -0.279. The molecule has 0 unspecified atom stereocenters. The highest BCUT2D eigenvalue weighted by molar-refractivity contribution is 7.88. The van der Waals surface area contributed by atoms with Crippen LogP contribution in [0.5, 0.6) is 0 Å². The lowest BCUT2D eigenvalue weighted by molar-refractivity contribution is 0.275. The van der Waals surface area contributed by atoms with Gasteiger partial charge in [-0.3, -0.25) is 0 Å². The lowest BCUT2D eigenvalue weighted by Crippen LogP contribution is -2.57. The van der Waals surface area contributed by atoms with E-state index in [0.717, 1.165) is 22.3 Å². The molecule has 2 atom stereocenters. The number of fused-ring (bicyclic) bond motifs is 1. The van der Waals surface area contributed by atoms with Gasteiger partial charge in [-0.15, -0.1) is 0 Å². The number of piperazine rings is 1. The van der Waals surface area contributed by atoms with Crippen molar-refractivity contribution in [3.8, 4) is 5.69 Å². The van der Waals surface area contributed by atoms with E-state index in [1.165, 1.54) is 18.4 Å². The third-order valence-corrected chi connectivity index (χ3v) is 6.67. The fourth-order valence-corrected chi connectivity index (χ4v) is 5.11. The molecular formula is C20H23FN4O2S. The van der Waals surface area contributed by atoms with Crippen LogP contribution in [-0.4, -0.2) is 53.9 Å². The van der Waals surface area contributed by atoms with Crippen LogP contribution in [0.15, 0.2) is 48.7 Å². The molecule has 4 rings (SSSR count). The summed E-state index contributed by atoms with van der Waals surface area (Å²) in [6.45, 7) is 5.07. The van der Waals surface area contributed by atoms with Crippen LogP contribution in [0.1, 0.15) is 13.8 Å². The Bertz CT molecular complexity index is 1110. The molecule has 28 heavy (non-hydrogen) atoms. The van der Waals surface area contributed by atoms with E-state index in [2.05, 4.69) is 16.1 Å². The van der Waals surface area contributed by atoms with Crippen molar-refractivity contribution >= 4 is 26.6 Å². The Labute approximate surface area is 164 Å². The highest BCUT2D eigenvalue weighted by Gasteiger charge is 2.34. The Morgan fingerprint density at radius 3 is 2.36 bits per heavy atom. The SMILES string of the molecule is C[C@@H]1CN(S(C)(=O)=O)[C@@H](C)CN1c1ccc2c(cnn2-c2ccc(F)cc2)c1. The topological polar surface area (TPSA) is 58.4 Å². The predicted molar refractivity (Wildman–Crippen MR) is 109 cm³/mol. The molecule has 1 fully saturated rings. The van der Waals surface area contributed by atoms with E-state index in [9.17, 15) is 12.8 Å². The van der Waals surface area contributed by atoms with Gasteiger partial charge in [-0.1, -0.05) is 0 Å². The summed E-state index contributed by atoms with van der Waals surface area (Å²) in [6, 6.07) is 12.3. The van der Waals surface area contributed by atoms with Crippen molar-refractivity contribution in [2.45, 2.75) is 25.9 Å². The van der Waals surface area contributed by atoms with E-state index in [1.807, 2.05) is 26.0 Å². The number of halogens is 1. The van der Waals surface area contributed by atoms with Crippen LogP contribution < -0.4 is 4.90 Å². The molecule has 1 aromatic heterocycles. The van der Waals surface area contributed by atoms with Gasteiger partial charge in [0.05, 0.1) is 23.7 Å². The fraction of sp³-hybridized carbons (Fsp3) is 0.350. The van der Waals surface area contributed by atoms with Crippen molar-refractivity contribution in [3.05, 3.63) is 54.5 Å². The third-order valence-electron chi connectivity index (χ3n) is 5.31. The van der Waals surface area contributed by atoms with E-state index in [4.69, 9.17) is 0 Å². The number of anilines is 1. The number of aromatic nitrogens is 2. The van der Waals surface area contributed by atoms with Crippen molar-refractivity contribution in [1.82, 2.24) is 14.1 Å². The normalized spacial score (nSPS) is 21.4. The van der Waals surface area contributed by atoms with Gasteiger partial charge in [-0.2, -0.15) is 9.40 Å². The van der Waals surface area contributed by atoms with E-state index in [0.29, 0.717) is 13.1 Å². The average molecular weight is 402 g/mol. The van der Waals surface area contributed by atoms with Crippen LogP contribution in [0.25, 0.3) is 16.6 Å². The Morgan fingerprint density at radius 2 is 1.68 bits per heavy atom. The molecule has 3 aromatic rings. The Hall–Kier alpha value is -2.45. The van der Waals surface area contributed by atoms with Crippen molar-refractivity contribution in [1.29, 1.82) is 0 Å². The van der Waals surface area contributed by atoms with Crippen molar-refractivity contribution in [2.75, 3.05) is 24.2 Å². The van der Waals surface area contributed by atoms with Gasteiger partial charge in [0, 0.05) is 36.2 Å². The molecule has 1 aliphatic heterocycles. The summed E-state index contributed by atoms with van der Waals surface area (Å²) in [4.78, 5) is 2.24. The first-order valence-corrected chi connectivity index (χ1v) is 11.1. The first-order valence-electron chi connectivity index (χ1n) is 9.21. The van der Waals surface area contributed by atoms with Crippen molar-refractivity contribution < 1.29 is 12.8 Å². The number of hydrogen-bond donors (Lipinski definition) is 0. The number of benzene rings is 2. The Morgan fingerprint density at radius 1 is 1.00 bits per heavy atom. The molecule has 1 aliphatic rings. The summed E-state index contributed by atoms with van der Waals surface area (Å²) in [7, 11) is -3.21. The zero-order valence-electron chi connectivity index (χ0n) is 16.1. The average Bonchev–Trinajstić information content (AvgIpc) is 3.06. The molecule has 6 nitrogen and oxygen atoms in total. The van der Waals surface area contributed by atoms with Gasteiger partial charge < -0.3 is 4.90 Å². The minimum atomic E-state index is -3.21. The number of nitrogens with zero attached hydrogens (tertiary/aromatic N) is 4. The molecule has 148 valence electrons. The molecule has 1 saturated heterocycles. The second-order valence-electron chi connectivity index (χ2n) is 7.46. The van der Waals surface area contributed by atoms with Gasteiger partial charge >= 0.3 is 0 Å². The molecule has 0 aliphatic carbocycles. The molecule has 0 spiro atoms. The maximum absolute atomic E-state index is 13.2. The van der Waals surface area contributed by atoms with E-state index in [-0.39, 0.29) is 17.9 Å². The summed E-state index contributed by atoms with van der Waals surface area (Å²) in [5, 5.41) is 5.43. The molecule has 8 heteroatoms. The number of hydrogen-bond acceptors (Lipinski definition) is 4.